The molecule has 0 radical (unpaired) electrons. The monoisotopic (exact) mass is 553 g/mol. The van der Waals surface area contributed by atoms with Crippen LogP contribution < -0.4 is 10.6 Å². The van der Waals surface area contributed by atoms with Crippen LogP contribution in [0.25, 0.3) is 5.69 Å². The van der Waals surface area contributed by atoms with Crippen molar-refractivity contribution < 1.29 is 9.53 Å². The Morgan fingerprint density at radius 1 is 1.19 bits per heavy atom. The van der Waals surface area contributed by atoms with Gasteiger partial charge in [0, 0.05) is 18.3 Å². The lowest BCUT2D eigenvalue weighted by atomic mass is 9.86. The summed E-state index contributed by atoms with van der Waals surface area (Å²) in [6, 6.07) is 10.7. The van der Waals surface area contributed by atoms with Gasteiger partial charge in [-0.05, 0) is 71.1 Å². The first-order chi connectivity index (χ1) is 15.0. The van der Waals surface area contributed by atoms with E-state index >= 15 is 0 Å². The zero-order valence-electron chi connectivity index (χ0n) is 19.6. The summed E-state index contributed by atoms with van der Waals surface area (Å²) in [4.78, 5) is 16.8. The molecule has 2 N–H and O–H groups in total. The summed E-state index contributed by atoms with van der Waals surface area (Å²) in [5.74, 6) is 0.790. The van der Waals surface area contributed by atoms with Gasteiger partial charge in [0.15, 0.2) is 5.96 Å². The fourth-order valence-electron chi connectivity index (χ4n) is 4.14. The van der Waals surface area contributed by atoms with E-state index in [1.165, 1.54) is 0 Å². The minimum Gasteiger partial charge on any atom is -0.466 e. The molecule has 1 heterocycles. The lowest BCUT2D eigenvalue weighted by molar-refractivity contribution is -0.149. The molecule has 0 amide bonds. The molecule has 0 spiro atoms. The highest BCUT2D eigenvalue weighted by Crippen LogP contribution is 2.25. The molecule has 3 rings (SSSR count). The van der Waals surface area contributed by atoms with E-state index in [1.54, 1.807) is 0 Å². The van der Waals surface area contributed by atoms with Crippen molar-refractivity contribution in [2.24, 2.45) is 10.9 Å². The number of halogens is 1. The molecule has 0 unspecified atom stereocenters. The summed E-state index contributed by atoms with van der Waals surface area (Å²) in [5.41, 5.74) is 4.29. The molecule has 1 aliphatic carbocycles. The van der Waals surface area contributed by atoms with E-state index in [-0.39, 0.29) is 35.9 Å². The Kier molecular flexibility index (Phi) is 10.5. The molecule has 1 aromatic heterocycles. The second-order valence-corrected chi connectivity index (χ2v) is 8.11. The molecule has 0 atom stereocenters. The van der Waals surface area contributed by atoms with Crippen LogP contribution in [0.15, 0.2) is 35.3 Å². The van der Waals surface area contributed by atoms with Crippen LogP contribution >= 0.6 is 24.0 Å². The number of esters is 1. The number of guanidine groups is 1. The second kappa shape index (κ2) is 12.8. The van der Waals surface area contributed by atoms with Crippen molar-refractivity contribution in [2.75, 3.05) is 13.2 Å². The zero-order chi connectivity index (χ0) is 22.2. The number of benzene rings is 1. The third-order valence-electron chi connectivity index (χ3n) is 5.67. The number of nitrogens with zero attached hydrogens (tertiary/aromatic N) is 3. The van der Waals surface area contributed by atoms with Crippen LogP contribution in [0, 0.1) is 19.8 Å². The Bertz CT molecular complexity index is 904. The molecule has 0 saturated heterocycles. The van der Waals surface area contributed by atoms with Crippen LogP contribution in [-0.4, -0.2) is 40.9 Å². The van der Waals surface area contributed by atoms with Gasteiger partial charge in [-0.2, -0.15) is 5.10 Å². The Morgan fingerprint density at radius 3 is 2.53 bits per heavy atom. The third kappa shape index (κ3) is 6.95. The number of ether oxygens (including phenoxy) is 1. The SMILES string of the molecule is CCNC(=NCc1ccccc1-n1nc(C)cc1C)NC1CCC(C(=O)OCC)CC1.I. The molecule has 0 aliphatic heterocycles. The van der Waals surface area contributed by atoms with Crippen LogP contribution in [0.4, 0.5) is 0 Å². The van der Waals surface area contributed by atoms with Gasteiger partial charge >= 0.3 is 5.97 Å². The Labute approximate surface area is 208 Å². The van der Waals surface area contributed by atoms with Gasteiger partial charge in [0.05, 0.1) is 30.5 Å². The number of aryl methyl sites for hydroxylation is 2. The molecule has 1 fully saturated rings. The first kappa shape index (κ1) is 26.2. The number of aromatic nitrogens is 2. The highest BCUT2D eigenvalue weighted by Gasteiger charge is 2.27. The van der Waals surface area contributed by atoms with E-state index in [2.05, 4.69) is 47.8 Å². The molecule has 2 aromatic rings. The first-order valence-electron chi connectivity index (χ1n) is 11.3. The quantitative estimate of drug-likeness (QED) is 0.232. The number of rotatable bonds is 7. The maximum absolute atomic E-state index is 12.0. The first-order valence-corrected chi connectivity index (χ1v) is 11.3. The number of carbonyl (C=O) groups is 1. The Morgan fingerprint density at radius 2 is 1.91 bits per heavy atom. The van der Waals surface area contributed by atoms with Crippen molar-refractivity contribution >= 4 is 35.9 Å². The van der Waals surface area contributed by atoms with Crippen LogP contribution in [0.3, 0.4) is 0 Å². The smallest absolute Gasteiger partial charge is 0.308 e. The second-order valence-electron chi connectivity index (χ2n) is 8.11. The molecule has 176 valence electrons. The highest BCUT2D eigenvalue weighted by atomic mass is 127. The van der Waals surface area contributed by atoms with E-state index in [4.69, 9.17) is 9.73 Å². The van der Waals surface area contributed by atoms with Crippen molar-refractivity contribution in [3.63, 3.8) is 0 Å². The molecule has 1 aromatic carbocycles. The van der Waals surface area contributed by atoms with Gasteiger partial charge in [-0.25, -0.2) is 9.67 Å². The van der Waals surface area contributed by atoms with Crippen LogP contribution in [0.1, 0.15) is 56.5 Å². The van der Waals surface area contributed by atoms with Crippen LogP contribution in [0.2, 0.25) is 0 Å². The number of hydrogen-bond donors (Lipinski definition) is 2. The largest absolute Gasteiger partial charge is 0.466 e. The van der Waals surface area contributed by atoms with Gasteiger partial charge in [-0.3, -0.25) is 4.79 Å². The number of nitrogens with one attached hydrogen (secondary N) is 2. The maximum Gasteiger partial charge on any atom is 0.308 e. The molecule has 1 saturated carbocycles. The topological polar surface area (TPSA) is 80.5 Å². The van der Waals surface area contributed by atoms with Crippen LogP contribution in [-0.2, 0) is 16.1 Å². The molecule has 32 heavy (non-hydrogen) atoms. The van der Waals surface area contributed by atoms with Crippen molar-refractivity contribution in [1.82, 2.24) is 20.4 Å². The van der Waals surface area contributed by atoms with Gasteiger partial charge in [0.2, 0.25) is 0 Å². The average Bonchev–Trinajstić information content (AvgIpc) is 3.11. The molecular formula is C24H36IN5O2. The van der Waals surface area contributed by atoms with Gasteiger partial charge in [-0.15, -0.1) is 24.0 Å². The summed E-state index contributed by atoms with van der Waals surface area (Å²) < 4.78 is 7.16. The summed E-state index contributed by atoms with van der Waals surface area (Å²) in [7, 11) is 0. The van der Waals surface area contributed by atoms with Crippen LogP contribution in [0.5, 0.6) is 0 Å². The fourth-order valence-corrected chi connectivity index (χ4v) is 4.14. The summed E-state index contributed by atoms with van der Waals surface area (Å²) >= 11 is 0. The minimum atomic E-state index is -0.0534. The predicted octanol–water partition coefficient (Wildman–Crippen LogP) is 4.28. The standard InChI is InChI=1S/C24H35N5O2.HI/c1-5-25-24(27-21-13-11-19(12-14-21)23(30)31-6-2)26-16-20-9-7-8-10-22(20)29-18(4)15-17(3)28-29;/h7-10,15,19,21H,5-6,11-14,16H2,1-4H3,(H2,25,26,27);1H. The number of para-hydroxylation sites is 1. The van der Waals surface area contributed by atoms with Crippen molar-refractivity contribution in [3.05, 3.63) is 47.3 Å². The van der Waals surface area contributed by atoms with E-state index in [9.17, 15) is 4.79 Å². The average molecular weight is 553 g/mol. The van der Waals surface area contributed by atoms with Crippen molar-refractivity contribution in [3.8, 4) is 5.69 Å². The molecule has 7 nitrogen and oxygen atoms in total. The van der Waals surface area contributed by atoms with Gasteiger partial charge < -0.3 is 15.4 Å². The summed E-state index contributed by atoms with van der Waals surface area (Å²) in [6.07, 6.45) is 3.60. The zero-order valence-corrected chi connectivity index (χ0v) is 21.9. The number of hydrogen-bond acceptors (Lipinski definition) is 4. The Hall–Kier alpha value is -2.10. The lowest BCUT2D eigenvalue weighted by Crippen LogP contribution is -2.45. The van der Waals surface area contributed by atoms with Gasteiger partial charge in [0.1, 0.15) is 0 Å². The third-order valence-corrected chi connectivity index (χ3v) is 5.67. The number of aliphatic imine (C=N–C) groups is 1. The normalized spacial score (nSPS) is 18.6. The lowest BCUT2D eigenvalue weighted by Gasteiger charge is -2.29. The molecule has 8 heteroatoms. The molecular weight excluding hydrogens is 517 g/mol. The van der Waals surface area contributed by atoms with E-state index in [0.29, 0.717) is 19.2 Å². The molecule has 1 aliphatic rings. The minimum absolute atomic E-state index is 0. The predicted molar refractivity (Wildman–Crippen MR) is 139 cm³/mol. The maximum atomic E-state index is 12.0. The number of carbonyl (C=O) groups excluding carboxylic acids is 1. The van der Waals surface area contributed by atoms with Gasteiger partial charge in [-0.1, -0.05) is 18.2 Å². The van der Waals surface area contributed by atoms with E-state index < -0.39 is 0 Å². The van der Waals surface area contributed by atoms with E-state index in [1.807, 2.05) is 30.7 Å². The van der Waals surface area contributed by atoms with Crippen molar-refractivity contribution in [2.45, 2.75) is 66.0 Å². The van der Waals surface area contributed by atoms with E-state index in [0.717, 1.165) is 60.8 Å². The van der Waals surface area contributed by atoms with Crippen molar-refractivity contribution in [1.29, 1.82) is 0 Å². The summed E-state index contributed by atoms with van der Waals surface area (Å²) in [5, 5.41) is 11.5. The molecule has 0 bridgehead atoms. The Balaban J connectivity index is 0.00000363. The van der Waals surface area contributed by atoms with Gasteiger partial charge in [0.25, 0.3) is 0 Å². The fraction of sp³-hybridized carbons (Fsp3) is 0.542. The summed E-state index contributed by atoms with van der Waals surface area (Å²) in [6.45, 7) is 9.81. The highest BCUT2D eigenvalue weighted by molar-refractivity contribution is 14.0.